The molecule has 0 bridgehead atoms. The molecule has 0 spiro atoms. The Morgan fingerprint density at radius 2 is 0.911 bits per heavy atom. The molecule has 0 aliphatic carbocycles. The van der Waals surface area contributed by atoms with Gasteiger partial charge >= 0.3 is 6.09 Å². The summed E-state index contributed by atoms with van der Waals surface area (Å²) < 4.78 is 50.4. The fourth-order valence-corrected chi connectivity index (χ4v) is 3.31. The van der Waals surface area contributed by atoms with E-state index >= 15 is 0 Å². The minimum absolute atomic E-state index is 0.0149. The van der Waals surface area contributed by atoms with Crippen LogP contribution < -0.4 is 5.32 Å². The first kappa shape index (κ1) is 43.5. The van der Waals surface area contributed by atoms with Crippen LogP contribution in [-0.2, 0) is 47.4 Å². The SMILES string of the molecule is O=CCCNC(=O)OCC(COCCOCC(COCCCO)OCCCO)OCCOCC(COCCCO)OCCCO. The molecular formula is C29H57NO15. The summed E-state index contributed by atoms with van der Waals surface area (Å²) in [5, 5.41) is 38.2. The quantitative estimate of drug-likeness (QED) is 0.0406. The van der Waals surface area contributed by atoms with Gasteiger partial charge < -0.3 is 73.2 Å². The second kappa shape index (κ2) is 35.3. The topological polar surface area (TPSA) is 210 Å². The zero-order valence-corrected chi connectivity index (χ0v) is 26.6. The van der Waals surface area contributed by atoms with Crippen molar-refractivity contribution in [1.82, 2.24) is 5.32 Å². The molecule has 0 saturated heterocycles. The Bertz CT molecular complexity index is 634. The van der Waals surface area contributed by atoms with Crippen LogP contribution in [0.5, 0.6) is 0 Å². The Morgan fingerprint density at radius 3 is 1.36 bits per heavy atom. The lowest BCUT2D eigenvalue weighted by atomic mass is 10.4. The van der Waals surface area contributed by atoms with Crippen LogP contribution in [0.2, 0.25) is 0 Å². The number of amides is 1. The van der Waals surface area contributed by atoms with Crippen LogP contribution in [0.3, 0.4) is 0 Å². The number of alkyl carbamates (subject to hydrolysis) is 1. The highest BCUT2D eigenvalue weighted by molar-refractivity contribution is 5.67. The predicted molar refractivity (Wildman–Crippen MR) is 160 cm³/mol. The average molecular weight is 660 g/mol. The highest BCUT2D eigenvalue weighted by Crippen LogP contribution is 2.02. The van der Waals surface area contributed by atoms with Crippen LogP contribution in [0.4, 0.5) is 4.79 Å². The molecule has 16 heteroatoms. The van der Waals surface area contributed by atoms with Crippen LogP contribution in [0, 0.1) is 0 Å². The summed E-state index contributed by atoms with van der Waals surface area (Å²) in [5.74, 6) is 0. The maximum atomic E-state index is 11.9. The number of aliphatic hydroxyl groups excluding tert-OH is 4. The first-order valence-corrected chi connectivity index (χ1v) is 15.6. The highest BCUT2D eigenvalue weighted by atomic mass is 16.6. The Hall–Kier alpha value is -1.54. The Morgan fingerprint density at radius 1 is 0.533 bits per heavy atom. The van der Waals surface area contributed by atoms with Crippen molar-refractivity contribution in [3.8, 4) is 0 Å². The molecule has 0 saturated carbocycles. The molecule has 0 aliphatic heterocycles. The number of carbonyl (C=O) groups excluding carboxylic acids is 2. The van der Waals surface area contributed by atoms with Crippen molar-refractivity contribution in [1.29, 1.82) is 0 Å². The molecule has 0 radical (unpaired) electrons. The van der Waals surface area contributed by atoms with E-state index in [0.29, 0.717) is 65.0 Å². The lowest BCUT2D eigenvalue weighted by Crippen LogP contribution is -2.33. The fraction of sp³-hybridized carbons (Fsp3) is 0.931. The van der Waals surface area contributed by atoms with Crippen molar-refractivity contribution in [3.63, 3.8) is 0 Å². The third-order valence-corrected chi connectivity index (χ3v) is 5.61. The van der Waals surface area contributed by atoms with E-state index in [2.05, 4.69) is 5.32 Å². The van der Waals surface area contributed by atoms with Crippen LogP contribution in [0.15, 0.2) is 0 Å². The molecule has 0 aromatic heterocycles. The minimum Gasteiger partial charge on any atom is -0.447 e. The van der Waals surface area contributed by atoms with Gasteiger partial charge in [-0.05, 0) is 25.7 Å². The Kier molecular flexibility index (Phi) is 34.1. The van der Waals surface area contributed by atoms with E-state index in [-0.39, 0.29) is 111 Å². The second-order valence-electron chi connectivity index (χ2n) is 9.64. The molecule has 0 rings (SSSR count). The summed E-state index contributed by atoms with van der Waals surface area (Å²) in [5.41, 5.74) is 0. The van der Waals surface area contributed by atoms with Crippen molar-refractivity contribution in [3.05, 3.63) is 0 Å². The molecule has 3 unspecified atom stereocenters. The molecule has 16 nitrogen and oxygen atoms in total. The molecule has 0 aliphatic rings. The molecule has 268 valence electrons. The highest BCUT2D eigenvalue weighted by Gasteiger charge is 2.15. The average Bonchev–Trinajstić information content (AvgIpc) is 3.04. The summed E-state index contributed by atoms with van der Waals surface area (Å²) in [6.07, 6.45) is 0.951. The second-order valence-corrected chi connectivity index (χ2v) is 9.64. The van der Waals surface area contributed by atoms with Gasteiger partial charge in [0.05, 0.1) is 59.5 Å². The van der Waals surface area contributed by atoms with Crippen molar-refractivity contribution in [2.75, 3.05) is 125 Å². The summed E-state index contributed by atoms with van der Waals surface area (Å²) >= 11 is 0. The summed E-state index contributed by atoms with van der Waals surface area (Å²) in [7, 11) is 0. The van der Waals surface area contributed by atoms with Crippen LogP contribution >= 0.6 is 0 Å². The van der Waals surface area contributed by atoms with Gasteiger partial charge in [0.2, 0.25) is 0 Å². The molecule has 0 aromatic carbocycles. The summed E-state index contributed by atoms with van der Waals surface area (Å²) in [6, 6.07) is 0. The molecule has 0 aromatic rings. The number of nitrogens with one attached hydrogen (secondary N) is 1. The van der Waals surface area contributed by atoms with Gasteiger partial charge in [-0.25, -0.2) is 4.79 Å². The van der Waals surface area contributed by atoms with Gasteiger partial charge in [-0.1, -0.05) is 0 Å². The smallest absolute Gasteiger partial charge is 0.407 e. The van der Waals surface area contributed by atoms with Gasteiger partial charge in [0.25, 0.3) is 0 Å². The standard InChI is InChI=1S/C29H57NO15/c31-7-1-6-30-29(36)45-25-28(44-19-18-41-23-27(43-15-5-11-35)21-38-13-3-9-33)24-40-17-16-39-22-26(42-14-4-10-34)20-37-12-2-8-32/h7,26-28,32-35H,1-6,8-25H2,(H,30,36). The predicted octanol–water partition coefficient (Wildman–Crippen LogP) is -0.930. The third-order valence-electron chi connectivity index (χ3n) is 5.61. The monoisotopic (exact) mass is 659 g/mol. The first-order valence-electron chi connectivity index (χ1n) is 15.6. The number of ether oxygens (including phenoxy) is 9. The van der Waals surface area contributed by atoms with Crippen molar-refractivity contribution >= 4 is 12.4 Å². The van der Waals surface area contributed by atoms with E-state index in [0.717, 1.165) is 0 Å². The molecule has 45 heavy (non-hydrogen) atoms. The molecule has 1 amide bonds. The largest absolute Gasteiger partial charge is 0.447 e. The number of aliphatic hydroxyl groups is 4. The maximum Gasteiger partial charge on any atom is 0.407 e. The van der Waals surface area contributed by atoms with Crippen molar-refractivity contribution in [2.24, 2.45) is 0 Å². The van der Waals surface area contributed by atoms with E-state index in [1.807, 2.05) is 0 Å². The Balaban J connectivity index is 4.57. The maximum absolute atomic E-state index is 11.9. The number of aldehydes is 1. The zero-order chi connectivity index (χ0) is 33.1. The normalized spacial score (nSPS) is 13.4. The number of carbonyl (C=O) groups is 2. The molecular weight excluding hydrogens is 602 g/mol. The van der Waals surface area contributed by atoms with Gasteiger partial charge in [0.1, 0.15) is 31.2 Å². The number of rotatable bonds is 36. The van der Waals surface area contributed by atoms with Crippen molar-refractivity contribution < 1.29 is 72.6 Å². The van der Waals surface area contributed by atoms with Gasteiger partial charge in [-0.15, -0.1) is 0 Å². The van der Waals surface area contributed by atoms with E-state index in [4.69, 9.17) is 63.1 Å². The zero-order valence-electron chi connectivity index (χ0n) is 26.6. The van der Waals surface area contributed by atoms with E-state index in [1.165, 1.54) is 0 Å². The number of hydrogen-bond acceptors (Lipinski definition) is 15. The molecule has 0 fully saturated rings. The van der Waals surface area contributed by atoms with E-state index in [9.17, 15) is 9.59 Å². The van der Waals surface area contributed by atoms with Crippen LogP contribution in [0.25, 0.3) is 0 Å². The minimum atomic E-state index is -0.678. The van der Waals surface area contributed by atoms with Crippen molar-refractivity contribution in [2.45, 2.75) is 50.4 Å². The van der Waals surface area contributed by atoms with Gasteiger partial charge in [-0.3, -0.25) is 0 Å². The molecule has 3 atom stereocenters. The summed E-state index contributed by atoms with van der Waals surface area (Å²) in [6.45, 7) is 3.79. The number of hydrogen-bond donors (Lipinski definition) is 5. The van der Waals surface area contributed by atoms with E-state index in [1.54, 1.807) is 0 Å². The van der Waals surface area contributed by atoms with Gasteiger partial charge in [0.15, 0.2) is 0 Å². The van der Waals surface area contributed by atoms with E-state index < -0.39 is 12.2 Å². The molecule has 5 N–H and O–H groups in total. The fourth-order valence-electron chi connectivity index (χ4n) is 3.31. The lowest BCUT2D eigenvalue weighted by Gasteiger charge is -2.20. The lowest BCUT2D eigenvalue weighted by molar-refractivity contribution is -0.107. The van der Waals surface area contributed by atoms with Gasteiger partial charge in [0, 0.05) is 65.8 Å². The first-order chi connectivity index (χ1) is 22.1. The van der Waals surface area contributed by atoms with Crippen LogP contribution in [0.1, 0.15) is 32.1 Å². The summed E-state index contributed by atoms with van der Waals surface area (Å²) in [4.78, 5) is 22.4. The Labute approximate surface area is 266 Å². The third kappa shape index (κ3) is 30.9. The van der Waals surface area contributed by atoms with Crippen LogP contribution in [-0.4, -0.2) is 177 Å². The molecule has 0 heterocycles. The van der Waals surface area contributed by atoms with Gasteiger partial charge in [-0.2, -0.15) is 0 Å².